The maximum Gasteiger partial charge on any atom is 0.328 e. The molecule has 0 unspecified atom stereocenters. The van der Waals surface area contributed by atoms with Crippen LogP contribution in [-0.4, -0.2) is 47.7 Å². The number of hydrogen-bond acceptors (Lipinski definition) is 4. The van der Waals surface area contributed by atoms with Crippen LogP contribution in [0.4, 0.5) is 0 Å². The van der Waals surface area contributed by atoms with Crippen molar-refractivity contribution in [3.05, 3.63) is 59.7 Å². The Balaban J connectivity index is 1.83. The van der Waals surface area contributed by atoms with Gasteiger partial charge in [0.15, 0.2) is 0 Å². The molecule has 1 fully saturated rings. The van der Waals surface area contributed by atoms with E-state index in [9.17, 15) is 14.7 Å². The zero-order chi connectivity index (χ0) is 18.7. The van der Waals surface area contributed by atoms with Gasteiger partial charge in [-0.25, -0.2) is 4.79 Å². The van der Waals surface area contributed by atoms with Crippen LogP contribution in [0.1, 0.15) is 28.8 Å². The number of hydrogen-bond donors (Lipinski definition) is 1. The summed E-state index contributed by atoms with van der Waals surface area (Å²) < 4.78 is 4.80. The number of ether oxygens (including phenoxy) is 1. The van der Waals surface area contributed by atoms with Crippen molar-refractivity contribution in [1.82, 2.24) is 4.90 Å². The van der Waals surface area contributed by atoms with E-state index < -0.39 is 18.1 Å². The number of likely N-dealkylation sites (tertiary alicyclic amines) is 1. The van der Waals surface area contributed by atoms with Gasteiger partial charge >= 0.3 is 5.97 Å². The number of aryl methyl sites for hydroxylation is 1. The van der Waals surface area contributed by atoms with E-state index in [0.717, 1.165) is 11.1 Å². The average molecular weight is 353 g/mol. The Morgan fingerprint density at radius 1 is 1.12 bits per heavy atom. The summed E-state index contributed by atoms with van der Waals surface area (Å²) in [6.07, 6.45) is 0.0758. The first-order chi connectivity index (χ1) is 12.5. The normalized spacial score (nSPS) is 19.9. The lowest BCUT2D eigenvalue weighted by Gasteiger charge is -2.36. The topological polar surface area (TPSA) is 66.8 Å². The number of benzene rings is 2. The number of rotatable bonds is 3. The SMILES string of the molecule is COC(=O)[C@@H]1C[C@H](O)CCN1C(=O)c1ccc(-c2ccccc2C)cc1. The molecule has 5 heteroatoms. The molecule has 1 saturated heterocycles. The molecule has 2 atom stereocenters. The molecular formula is C21H23NO4. The minimum atomic E-state index is -0.743. The molecule has 0 aromatic heterocycles. The number of piperidine rings is 1. The van der Waals surface area contributed by atoms with Gasteiger partial charge in [-0.2, -0.15) is 0 Å². The summed E-state index contributed by atoms with van der Waals surface area (Å²) in [5.74, 6) is -0.711. The number of carbonyl (C=O) groups excluding carboxylic acids is 2. The Morgan fingerprint density at radius 3 is 2.46 bits per heavy atom. The predicted octanol–water partition coefficient (Wildman–Crippen LogP) is 2.80. The van der Waals surface area contributed by atoms with Crippen LogP contribution in [0.15, 0.2) is 48.5 Å². The number of aliphatic hydroxyl groups excluding tert-OH is 1. The molecule has 136 valence electrons. The average Bonchev–Trinajstić information content (AvgIpc) is 2.67. The van der Waals surface area contributed by atoms with Crippen LogP contribution in [0, 0.1) is 6.92 Å². The Morgan fingerprint density at radius 2 is 1.81 bits per heavy atom. The van der Waals surface area contributed by atoms with Crippen molar-refractivity contribution in [3.8, 4) is 11.1 Å². The third-order valence-electron chi connectivity index (χ3n) is 4.90. The summed E-state index contributed by atoms with van der Waals surface area (Å²) in [4.78, 5) is 26.4. The highest BCUT2D eigenvalue weighted by Crippen LogP contribution is 2.25. The van der Waals surface area contributed by atoms with Crippen molar-refractivity contribution in [3.63, 3.8) is 0 Å². The highest BCUT2D eigenvalue weighted by molar-refractivity contribution is 5.97. The van der Waals surface area contributed by atoms with Gasteiger partial charge in [0.25, 0.3) is 5.91 Å². The maximum absolute atomic E-state index is 12.9. The van der Waals surface area contributed by atoms with Gasteiger partial charge in [-0.1, -0.05) is 36.4 Å². The monoisotopic (exact) mass is 353 g/mol. The zero-order valence-electron chi connectivity index (χ0n) is 15.0. The van der Waals surface area contributed by atoms with Crippen LogP contribution in [0.3, 0.4) is 0 Å². The van der Waals surface area contributed by atoms with Gasteiger partial charge in [0, 0.05) is 18.5 Å². The van der Waals surface area contributed by atoms with Gasteiger partial charge in [0.2, 0.25) is 0 Å². The number of methoxy groups -OCH3 is 1. The molecule has 2 aromatic carbocycles. The first-order valence-electron chi connectivity index (χ1n) is 8.74. The van der Waals surface area contributed by atoms with Gasteiger partial charge in [-0.3, -0.25) is 4.79 Å². The van der Waals surface area contributed by atoms with E-state index in [4.69, 9.17) is 4.74 Å². The van der Waals surface area contributed by atoms with E-state index in [0.29, 0.717) is 18.5 Å². The predicted molar refractivity (Wildman–Crippen MR) is 98.7 cm³/mol. The third-order valence-corrected chi connectivity index (χ3v) is 4.90. The van der Waals surface area contributed by atoms with Crippen LogP contribution in [0.25, 0.3) is 11.1 Å². The molecule has 0 radical (unpaired) electrons. The highest BCUT2D eigenvalue weighted by atomic mass is 16.5. The minimum Gasteiger partial charge on any atom is -0.467 e. The van der Waals surface area contributed by atoms with Crippen LogP contribution in [-0.2, 0) is 9.53 Å². The number of aliphatic hydroxyl groups is 1. The second-order valence-corrected chi connectivity index (χ2v) is 6.61. The van der Waals surface area contributed by atoms with Crippen LogP contribution in [0.2, 0.25) is 0 Å². The quantitative estimate of drug-likeness (QED) is 0.862. The van der Waals surface area contributed by atoms with Gasteiger partial charge in [0.05, 0.1) is 13.2 Å². The Hall–Kier alpha value is -2.66. The van der Waals surface area contributed by atoms with Crippen LogP contribution >= 0.6 is 0 Å². The summed E-state index contributed by atoms with van der Waals surface area (Å²) in [5, 5.41) is 9.84. The molecule has 3 rings (SSSR count). The van der Waals surface area contributed by atoms with Crippen molar-refractivity contribution in [2.75, 3.05) is 13.7 Å². The van der Waals surface area contributed by atoms with Gasteiger partial charge in [-0.15, -0.1) is 0 Å². The first kappa shape index (κ1) is 18.1. The molecule has 2 aromatic rings. The number of amides is 1. The van der Waals surface area contributed by atoms with Gasteiger partial charge in [0.1, 0.15) is 6.04 Å². The molecule has 0 aliphatic carbocycles. The minimum absolute atomic E-state index is 0.208. The summed E-state index contributed by atoms with van der Waals surface area (Å²) >= 11 is 0. The number of nitrogens with zero attached hydrogens (tertiary/aromatic N) is 1. The lowest BCUT2D eigenvalue weighted by molar-refractivity contribution is -0.148. The molecule has 1 aliphatic rings. The zero-order valence-corrected chi connectivity index (χ0v) is 15.0. The van der Waals surface area contributed by atoms with E-state index in [1.807, 2.05) is 43.3 Å². The Bertz CT molecular complexity index is 800. The summed E-state index contributed by atoms with van der Waals surface area (Å²) in [5.41, 5.74) is 3.85. The molecular weight excluding hydrogens is 330 g/mol. The van der Waals surface area contributed by atoms with Crippen molar-refractivity contribution in [1.29, 1.82) is 0 Å². The molecule has 0 bridgehead atoms. The van der Waals surface area contributed by atoms with Crippen LogP contribution < -0.4 is 0 Å². The lowest BCUT2D eigenvalue weighted by atomic mass is 9.97. The summed E-state index contributed by atoms with van der Waals surface area (Å²) in [6, 6.07) is 14.7. The Labute approximate surface area is 153 Å². The molecule has 1 amide bonds. The number of carbonyl (C=O) groups is 2. The molecule has 5 nitrogen and oxygen atoms in total. The van der Waals surface area contributed by atoms with Crippen molar-refractivity contribution < 1.29 is 19.4 Å². The fourth-order valence-electron chi connectivity index (χ4n) is 3.40. The van der Waals surface area contributed by atoms with E-state index >= 15 is 0 Å². The third kappa shape index (κ3) is 3.63. The van der Waals surface area contributed by atoms with Crippen molar-refractivity contribution in [2.24, 2.45) is 0 Å². The number of esters is 1. The van der Waals surface area contributed by atoms with Gasteiger partial charge < -0.3 is 14.7 Å². The second kappa shape index (κ2) is 7.70. The van der Waals surface area contributed by atoms with E-state index in [2.05, 4.69) is 0 Å². The van der Waals surface area contributed by atoms with Gasteiger partial charge in [-0.05, 0) is 42.2 Å². The smallest absolute Gasteiger partial charge is 0.328 e. The summed E-state index contributed by atoms with van der Waals surface area (Å²) in [6.45, 7) is 2.38. The molecule has 1 aliphatic heterocycles. The molecule has 1 N–H and O–H groups in total. The summed E-state index contributed by atoms with van der Waals surface area (Å²) in [7, 11) is 1.29. The lowest BCUT2D eigenvalue weighted by Crippen LogP contribution is -2.51. The molecule has 0 saturated carbocycles. The maximum atomic E-state index is 12.9. The first-order valence-corrected chi connectivity index (χ1v) is 8.74. The van der Waals surface area contributed by atoms with E-state index in [1.165, 1.54) is 17.6 Å². The van der Waals surface area contributed by atoms with E-state index in [-0.39, 0.29) is 12.3 Å². The van der Waals surface area contributed by atoms with Crippen LogP contribution in [0.5, 0.6) is 0 Å². The van der Waals surface area contributed by atoms with E-state index in [1.54, 1.807) is 12.1 Å². The highest BCUT2D eigenvalue weighted by Gasteiger charge is 2.36. The van der Waals surface area contributed by atoms with Crippen molar-refractivity contribution in [2.45, 2.75) is 31.9 Å². The largest absolute Gasteiger partial charge is 0.467 e. The molecule has 1 heterocycles. The molecule has 0 spiro atoms. The second-order valence-electron chi connectivity index (χ2n) is 6.61. The fraction of sp³-hybridized carbons (Fsp3) is 0.333. The van der Waals surface area contributed by atoms with Crippen molar-refractivity contribution >= 4 is 11.9 Å². The standard InChI is InChI=1S/C21H23NO4/c1-14-5-3-4-6-18(14)15-7-9-16(10-8-15)20(24)22-12-11-17(23)13-19(22)21(25)26-2/h3-10,17,19,23H,11-13H2,1-2H3/t17-,19+/m1/s1. The fourth-order valence-corrected chi connectivity index (χ4v) is 3.40. The Kier molecular flexibility index (Phi) is 5.38. The molecule has 26 heavy (non-hydrogen) atoms.